The largest absolute Gasteiger partial charge is 0.306 e. The molecule has 1 heterocycles. The number of ketones is 1. The normalized spacial score (nSPS) is 16.4. The maximum absolute atomic E-state index is 13.0. The third-order valence-corrected chi connectivity index (χ3v) is 6.01. The summed E-state index contributed by atoms with van der Waals surface area (Å²) in [4.78, 5) is 14.8. The molecule has 1 aliphatic rings. The molecule has 26 heavy (non-hydrogen) atoms. The van der Waals surface area contributed by atoms with Gasteiger partial charge in [-0.15, -0.1) is 0 Å². The molecule has 3 rings (SSSR count). The summed E-state index contributed by atoms with van der Waals surface area (Å²) in [7, 11) is -1.81. The van der Waals surface area contributed by atoms with E-state index in [0.717, 1.165) is 38.1 Å². The highest BCUT2D eigenvalue weighted by Crippen LogP contribution is 2.23. The molecule has 0 bridgehead atoms. The monoisotopic (exact) mass is 376 g/mol. The molecule has 1 saturated heterocycles. The highest BCUT2D eigenvalue weighted by Gasteiger charge is 2.24. The number of Topliss-reactive ketones (excluding diaryl/α,β-unsaturated/α-hetero) is 1. The highest BCUT2D eigenvalue weighted by atomic mass is 32.2. The predicted molar refractivity (Wildman–Crippen MR) is 98.2 cm³/mol. The van der Waals surface area contributed by atoms with Crippen molar-refractivity contribution in [3.63, 3.8) is 0 Å². The molecule has 2 aromatic carbocycles. The van der Waals surface area contributed by atoms with Gasteiger partial charge in [0.1, 0.15) is 5.82 Å². The molecule has 138 valence electrons. The van der Waals surface area contributed by atoms with Crippen molar-refractivity contribution in [2.45, 2.75) is 17.7 Å². The fraction of sp³-hybridized carbons (Fsp3) is 0.316. The second-order valence-corrected chi connectivity index (χ2v) is 8.26. The van der Waals surface area contributed by atoms with Crippen molar-refractivity contribution in [2.24, 2.45) is 5.92 Å². The number of carbonyl (C=O) groups is 1. The van der Waals surface area contributed by atoms with E-state index >= 15 is 0 Å². The van der Waals surface area contributed by atoms with Crippen molar-refractivity contribution in [1.82, 2.24) is 4.90 Å². The summed E-state index contributed by atoms with van der Waals surface area (Å²) in [6.07, 6.45) is 1.61. The Balaban J connectivity index is 1.77. The molecule has 0 spiro atoms. The Hall–Kier alpha value is -2.25. The average molecular weight is 376 g/mol. The van der Waals surface area contributed by atoms with Crippen LogP contribution in [0, 0.1) is 11.7 Å². The van der Waals surface area contributed by atoms with E-state index in [1.165, 1.54) is 12.1 Å². The molecule has 0 saturated carbocycles. The molecule has 0 aliphatic carbocycles. The molecule has 5 nitrogen and oxygen atoms in total. The van der Waals surface area contributed by atoms with Crippen molar-refractivity contribution in [3.8, 4) is 0 Å². The number of hydrogen-bond donors (Lipinski definition) is 1. The Morgan fingerprint density at radius 2 is 1.77 bits per heavy atom. The van der Waals surface area contributed by atoms with E-state index in [-0.39, 0.29) is 16.6 Å². The van der Waals surface area contributed by atoms with Gasteiger partial charge in [-0.25, -0.2) is 12.8 Å². The Morgan fingerprint density at radius 1 is 1.12 bits per heavy atom. The number of halogens is 1. The quantitative estimate of drug-likeness (QED) is 0.814. The zero-order valence-corrected chi connectivity index (χ0v) is 15.3. The lowest BCUT2D eigenvalue weighted by Crippen LogP contribution is -2.33. The van der Waals surface area contributed by atoms with Crippen LogP contribution >= 0.6 is 0 Å². The molecule has 1 N–H and O–H groups in total. The maximum Gasteiger partial charge on any atom is 0.261 e. The van der Waals surface area contributed by atoms with E-state index in [2.05, 4.69) is 9.62 Å². The number of nitrogens with one attached hydrogen (secondary N) is 1. The first kappa shape index (κ1) is 18.5. The van der Waals surface area contributed by atoms with E-state index in [9.17, 15) is 17.6 Å². The van der Waals surface area contributed by atoms with Crippen LogP contribution < -0.4 is 4.72 Å². The molecule has 0 radical (unpaired) electrons. The summed E-state index contributed by atoms with van der Waals surface area (Å²) in [6, 6.07) is 11.1. The fourth-order valence-electron chi connectivity index (χ4n) is 3.07. The number of carbonyl (C=O) groups excluding carboxylic acids is 1. The standard InChI is InChI=1S/C19H21FN2O3S/c1-22-11-9-14(10-12-22)19(23)15-3-2-4-17(13-15)21-26(24,25)18-7-5-16(20)6-8-18/h2-8,13-14,21H,9-12H2,1H3. The summed E-state index contributed by atoms with van der Waals surface area (Å²) in [5.74, 6) is -0.495. The van der Waals surface area contributed by atoms with Crippen molar-refractivity contribution in [1.29, 1.82) is 0 Å². The summed E-state index contributed by atoms with van der Waals surface area (Å²) >= 11 is 0. The Labute approximate surface area is 152 Å². The van der Waals surface area contributed by atoms with E-state index in [1.54, 1.807) is 24.3 Å². The third-order valence-electron chi connectivity index (χ3n) is 4.61. The van der Waals surface area contributed by atoms with Gasteiger partial charge in [0.25, 0.3) is 10.0 Å². The highest BCUT2D eigenvalue weighted by molar-refractivity contribution is 7.92. The van der Waals surface area contributed by atoms with Crippen LogP contribution in [0.4, 0.5) is 10.1 Å². The minimum atomic E-state index is -3.84. The number of anilines is 1. The van der Waals surface area contributed by atoms with Crippen molar-refractivity contribution < 1.29 is 17.6 Å². The van der Waals surface area contributed by atoms with Gasteiger partial charge in [-0.05, 0) is 69.4 Å². The van der Waals surface area contributed by atoms with Gasteiger partial charge in [-0.1, -0.05) is 12.1 Å². The first-order chi connectivity index (χ1) is 12.3. The third kappa shape index (κ3) is 4.28. The molecular weight excluding hydrogens is 355 g/mol. The lowest BCUT2D eigenvalue weighted by atomic mass is 9.89. The molecule has 7 heteroatoms. The van der Waals surface area contributed by atoms with Crippen molar-refractivity contribution >= 4 is 21.5 Å². The van der Waals surface area contributed by atoms with Gasteiger partial charge in [0, 0.05) is 17.2 Å². The summed E-state index contributed by atoms with van der Waals surface area (Å²) < 4.78 is 40.3. The smallest absolute Gasteiger partial charge is 0.261 e. The molecule has 0 amide bonds. The van der Waals surface area contributed by atoms with E-state index in [4.69, 9.17) is 0 Å². The lowest BCUT2D eigenvalue weighted by molar-refractivity contribution is 0.0857. The van der Waals surface area contributed by atoms with Crippen LogP contribution in [0.5, 0.6) is 0 Å². The molecule has 1 fully saturated rings. The van der Waals surface area contributed by atoms with E-state index in [1.807, 2.05) is 7.05 Å². The van der Waals surface area contributed by atoms with Crippen LogP contribution in [0.25, 0.3) is 0 Å². The Bertz CT molecular complexity index is 889. The second-order valence-electron chi connectivity index (χ2n) is 6.58. The first-order valence-corrected chi connectivity index (χ1v) is 9.95. The number of sulfonamides is 1. The van der Waals surface area contributed by atoms with Crippen LogP contribution in [-0.2, 0) is 10.0 Å². The van der Waals surface area contributed by atoms with Gasteiger partial charge in [0.2, 0.25) is 0 Å². The van der Waals surface area contributed by atoms with Gasteiger partial charge < -0.3 is 4.90 Å². The average Bonchev–Trinajstić information content (AvgIpc) is 2.62. The first-order valence-electron chi connectivity index (χ1n) is 8.46. The van der Waals surface area contributed by atoms with Crippen LogP contribution in [0.3, 0.4) is 0 Å². The number of piperidine rings is 1. The lowest BCUT2D eigenvalue weighted by Gasteiger charge is -2.28. The van der Waals surface area contributed by atoms with Gasteiger partial charge >= 0.3 is 0 Å². The Kier molecular flexibility index (Phi) is 5.38. The van der Waals surface area contributed by atoms with Gasteiger partial charge in [0.05, 0.1) is 4.90 Å². The van der Waals surface area contributed by atoms with Gasteiger partial charge in [-0.3, -0.25) is 9.52 Å². The minimum absolute atomic E-state index is 0.0323. The molecule has 1 aliphatic heterocycles. The zero-order valence-electron chi connectivity index (χ0n) is 14.5. The summed E-state index contributed by atoms with van der Waals surface area (Å²) in [6.45, 7) is 1.76. The van der Waals surface area contributed by atoms with E-state index in [0.29, 0.717) is 11.3 Å². The van der Waals surface area contributed by atoms with Crippen LogP contribution in [0.2, 0.25) is 0 Å². The van der Waals surface area contributed by atoms with Gasteiger partial charge in [-0.2, -0.15) is 0 Å². The molecular formula is C19H21FN2O3S. The summed E-state index contributed by atoms with van der Waals surface area (Å²) in [5.41, 5.74) is 0.812. The molecule has 0 unspecified atom stereocenters. The molecule has 0 atom stereocenters. The summed E-state index contributed by atoms with van der Waals surface area (Å²) in [5, 5.41) is 0. The maximum atomic E-state index is 13.0. The van der Waals surface area contributed by atoms with Crippen molar-refractivity contribution in [3.05, 3.63) is 59.9 Å². The number of nitrogens with zero attached hydrogens (tertiary/aromatic N) is 1. The molecule has 2 aromatic rings. The minimum Gasteiger partial charge on any atom is -0.306 e. The SMILES string of the molecule is CN1CCC(C(=O)c2cccc(NS(=O)(=O)c3ccc(F)cc3)c2)CC1. The topological polar surface area (TPSA) is 66.5 Å². The number of benzene rings is 2. The van der Waals surface area contributed by atoms with Crippen LogP contribution in [-0.4, -0.2) is 39.2 Å². The molecule has 0 aromatic heterocycles. The number of hydrogen-bond acceptors (Lipinski definition) is 4. The predicted octanol–water partition coefficient (Wildman–Crippen LogP) is 3.15. The number of likely N-dealkylation sites (tertiary alicyclic amines) is 1. The fourth-order valence-corrected chi connectivity index (χ4v) is 4.12. The zero-order chi connectivity index (χ0) is 18.7. The van der Waals surface area contributed by atoms with Gasteiger partial charge in [0.15, 0.2) is 5.78 Å². The second kappa shape index (κ2) is 7.55. The van der Waals surface area contributed by atoms with Crippen molar-refractivity contribution in [2.75, 3.05) is 24.9 Å². The van der Waals surface area contributed by atoms with Crippen LogP contribution in [0.15, 0.2) is 53.4 Å². The number of rotatable bonds is 5. The Morgan fingerprint density at radius 3 is 2.42 bits per heavy atom. The van der Waals surface area contributed by atoms with Crippen LogP contribution in [0.1, 0.15) is 23.2 Å². The van der Waals surface area contributed by atoms with E-state index < -0.39 is 15.8 Å².